The van der Waals surface area contributed by atoms with Crippen molar-refractivity contribution in [3.05, 3.63) is 65.4 Å². The van der Waals surface area contributed by atoms with E-state index in [0.717, 1.165) is 16.5 Å². The number of rotatable bonds is 5. The lowest BCUT2D eigenvalue weighted by Crippen LogP contribution is -2.17. The molecular weight excluding hydrogens is 368 g/mol. The standard InChI is InChI=1S/C19H19ClN4OS/c1-23(2)17-8-7-14(20)12-16(17)22-18(25)13-5-4-6-15(11-13)24-10-9-21-19(24)26-3/h4-12H,1-3H3,(H,22,25). The minimum Gasteiger partial charge on any atom is -0.376 e. The molecule has 3 rings (SSSR count). The van der Waals surface area contributed by atoms with E-state index in [1.807, 2.05) is 60.3 Å². The number of benzene rings is 2. The summed E-state index contributed by atoms with van der Waals surface area (Å²) in [5.74, 6) is -0.192. The van der Waals surface area contributed by atoms with Crippen molar-refractivity contribution in [1.29, 1.82) is 0 Å². The third-order valence-corrected chi connectivity index (χ3v) is 4.77. The summed E-state index contributed by atoms with van der Waals surface area (Å²) in [5.41, 5.74) is 3.01. The number of aromatic nitrogens is 2. The normalized spacial score (nSPS) is 10.6. The first-order chi connectivity index (χ1) is 12.5. The van der Waals surface area contributed by atoms with E-state index in [9.17, 15) is 4.79 Å². The van der Waals surface area contributed by atoms with Crippen LogP contribution in [0.25, 0.3) is 5.69 Å². The van der Waals surface area contributed by atoms with Gasteiger partial charge in [-0.15, -0.1) is 0 Å². The molecule has 2 aromatic carbocycles. The van der Waals surface area contributed by atoms with Crippen LogP contribution in [0.4, 0.5) is 11.4 Å². The van der Waals surface area contributed by atoms with Crippen molar-refractivity contribution in [3.63, 3.8) is 0 Å². The lowest BCUT2D eigenvalue weighted by atomic mass is 10.1. The highest BCUT2D eigenvalue weighted by Gasteiger charge is 2.13. The Morgan fingerprint density at radius 1 is 1.23 bits per heavy atom. The summed E-state index contributed by atoms with van der Waals surface area (Å²) < 4.78 is 1.95. The number of carbonyl (C=O) groups excluding carboxylic acids is 1. The molecule has 1 aromatic heterocycles. The second-order valence-corrected chi connectivity index (χ2v) is 7.05. The molecule has 3 aromatic rings. The Labute approximate surface area is 162 Å². The van der Waals surface area contributed by atoms with E-state index in [4.69, 9.17) is 11.6 Å². The van der Waals surface area contributed by atoms with Crippen molar-refractivity contribution in [3.8, 4) is 5.69 Å². The Balaban J connectivity index is 1.90. The Kier molecular flexibility index (Phi) is 5.54. The molecule has 26 heavy (non-hydrogen) atoms. The third-order valence-electron chi connectivity index (χ3n) is 3.86. The predicted octanol–water partition coefficient (Wildman–Crippen LogP) is 4.57. The second-order valence-electron chi connectivity index (χ2n) is 5.84. The average molecular weight is 387 g/mol. The van der Waals surface area contributed by atoms with E-state index in [0.29, 0.717) is 16.3 Å². The summed E-state index contributed by atoms with van der Waals surface area (Å²) in [6.07, 6.45) is 5.59. The summed E-state index contributed by atoms with van der Waals surface area (Å²) in [4.78, 5) is 19.0. The molecular formula is C19H19ClN4OS. The van der Waals surface area contributed by atoms with Crippen LogP contribution < -0.4 is 10.2 Å². The number of halogens is 1. The zero-order valence-corrected chi connectivity index (χ0v) is 16.3. The molecule has 0 aliphatic heterocycles. The first-order valence-corrected chi connectivity index (χ1v) is 9.56. The minimum absolute atomic E-state index is 0.192. The first-order valence-electron chi connectivity index (χ1n) is 7.95. The van der Waals surface area contributed by atoms with Crippen LogP contribution in [0, 0.1) is 0 Å². The first kappa shape index (κ1) is 18.4. The zero-order chi connectivity index (χ0) is 18.7. The highest BCUT2D eigenvalue weighted by molar-refractivity contribution is 7.98. The summed E-state index contributed by atoms with van der Waals surface area (Å²) in [7, 11) is 3.84. The SMILES string of the molecule is CSc1nccn1-c1cccc(C(=O)Nc2cc(Cl)ccc2N(C)C)c1. The molecule has 0 saturated carbocycles. The molecule has 0 aliphatic carbocycles. The van der Waals surface area contributed by atoms with Crippen molar-refractivity contribution in [2.45, 2.75) is 5.16 Å². The second kappa shape index (κ2) is 7.85. The van der Waals surface area contributed by atoms with Gasteiger partial charge < -0.3 is 10.2 Å². The maximum atomic E-state index is 12.8. The van der Waals surface area contributed by atoms with Gasteiger partial charge >= 0.3 is 0 Å². The molecule has 1 N–H and O–H groups in total. The summed E-state index contributed by atoms with van der Waals surface area (Å²) in [6.45, 7) is 0. The molecule has 0 unspecified atom stereocenters. The van der Waals surface area contributed by atoms with Gasteiger partial charge in [0.25, 0.3) is 5.91 Å². The van der Waals surface area contributed by atoms with Crippen molar-refractivity contribution in [2.24, 2.45) is 0 Å². The molecule has 7 heteroatoms. The molecule has 0 aliphatic rings. The smallest absolute Gasteiger partial charge is 0.255 e. The number of amides is 1. The van der Waals surface area contributed by atoms with E-state index in [1.54, 1.807) is 36.2 Å². The van der Waals surface area contributed by atoms with Crippen LogP contribution >= 0.6 is 23.4 Å². The van der Waals surface area contributed by atoms with Gasteiger partial charge in [-0.1, -0.05) is 29.4 Å². The fourth-order valence-electron chi connectivity index (χ4n) is 2.63. The molecule has 0 spiro atoms. The van der Waals surface area contributed by atoms with Gasteiger partial charge in [-0.2, -0.15) is 0 Å². The number of nitrogens with zero attached hydrogens (tertiary/aromatic N) is 3. The Morgan fingerprint density at radius 3 is 2.77 bits per heavy atom. The van der Waals surface area contributed by atoms with Crippen LogP contribution in [0.5, 0.6) is 0 Å². The lowest BCUT2D eigenvalue weighted by molar-refractivity contribution is 0.102. The molecule has 0 atom stereocenters. The van der Waals surface area contributed by atoms with E-state index >= 15 is 0 Å². The number of carbonyl (C=O) groups is 1. The molecule has 0 radical (unpaired) electrons. The Hall–Kier alpha value is -2.44. The van der Waals surface area contributed by atoms with Gasteiger partial charge in [0.2, 0.25) is 0 Å². The molecule has 0 bridgehead atoms. The van der Waals surface area contributed by atoms with Crippen LogP contribution in [0.3, 0.4) is 0 Å². The third kappa shape index (κ3) is 3.86. The molecule has 0 fully saturated rings. The summed E-state index contributed by atoms with van der Waals surface area (Å²) in [5, 5.41) is 4.39. The predicted molar refractivity (Wildman–Crippen MR) is 109 cm³/mol. The topological polar surface area (TPSA) is 50.2 Å². The highest BCUT2D eigenvalue weighted by Crippen LogP contribution is 2.28. The number of hydrogen-bond acceptors (Lipinski definition) is 4. The van der Waals surface area contributed by atoms with E-state index < -0.39 is 0 Å². The Bertz CT molecular complexity index is 939. The van der Waals surface area contributed by atoms with E-state index in [-0.39, 0.29) is 5.91 Å². The minimum atomic E-state index is -0.192. The van der Waals surface area contributed by atoms with Crippen molar-refractivity contribution >= 4 is 40.6 Å². The Morgan fingerprint density at radius 2 is 2.04 bits per heavy atom. The fourth-order valence-corrected chi connectivity index (χ4v) is 3.33. The maximum absolute atomic E-state index is 12.8. The van der Waals surface area contributed by atoms with Gasteiger partial charge in [-0.05, 0) is 42.7 Å². The highest BCUT2D eigenvalue weighted by atomic mass is 35.5. The van der Waals surface area contributed by atoms with Gasteiger partial charge in [0.15, 0.2) is 5.16 Å². The number of anilines is 2. The van der Waals surface area contributed by atoms with Crippen molar-refractivity contribution in [2.75, 3.05) is 30.6 Å². The van der Waals surface area contributed by atoms with Gasteiger partial charge in [-0.3, -0.25) is 9.36 Å². The number of imidazole rings is 1. The van der Waals surface area contributed by atoms with Crippen LogP contribution in [-0.4, -0.2) is 35.8 Å². The van der Waals surface area contributed by atoms with Crippen LogP contribution in [0.1, 0.15) is 10.4 Å². The van der Waals surface area contributed by atoms with Crippen LogP contribution in [0.2, 0.25) is 5.02 Å². The number of nitrogens with one attached hydrogen (secondary N) is 1. The average Bonchev–Trinajstić information content (AvgIpc) is 3.10. The summed E-state index contributed by atoms with van der Waals surface area (Å²) in [6, 6.07) is 12.9. The maximum Gasteiger partial charge on any atom is 0.255 e. The molecule has 1 heterocycles. The molecule has 5 nitrogen and oxygen atoms in total. The van der Waals surface area contributed by atoms with Gasteiger partial charge in [0, 0.05) is 42.8 Å². The quantitative estimate of drug-likeness (QED) is 0.653. The molecule has 1 amide bonds. The lowest BCUT2D eigenvalue weighted by Gasteiger charge is -2.18. The fraction of sp³-hybridized carbons (Fsp3) is 0.158. The molecule has 0 saturated heterocycles. The monoisotopic (exact) mass is 386 g/mol. The zero-order valence-electron chi connectivity index (χ0n) is 14.7. The van der Waals surface area contributed by atoms with E-state index in [2.05, 4.69) is 10.3 Å². The van der Waals surface area contributed by atoms with Gasteiger partial charge in [0.1, 0.15) is 0 Å². The number of hydrogen-bond donors (Lipinski definition) is 1. The largest absolute Gasteiger partial charge is 0.376 e. The van der Waals surface area contributed by atoms with E-state index in [1.165, 1.54) is 0 Å². The van der Waals surface area contributed by atoms with Gasteiger partial charge in [-0.25, -0.2) is 4.98 Å². The van der Waals surface area contributed by atoms with Gasteiger partial charge in [0.05, 0.1) is 11.4 Å². The van der Waals surface area contributed by atoms with Crippen LogP contribution in [0.15, 0.2) is 60.0 Å². The number of thioether (sulfide) groups is 1. The van der Waals surface area contributed by atoms with Crippen LogP contribution in [-0.2, 0) is 0 Å². The van der Waals surface area contributed by atoms with Crippen molar-refractivity contribution < 1.29 is 4.79 Å². The summed E-state index contributed by atoms with van der Waals surface area (Å²) >= 11 is 7.65. The van der Waals surface area contributed by atoms with Crippen molar-refractivity contribution in [1.82, 2.24) is 9.55 Å². The molecule has 134 valence electrons.